The Bertz CT molecular complexity index is 574. The first-order chi connectivity index (χ1) is 8.67. The van der Waals surface area contributed by atoms with Gasteiger partial charge in [0.1, 0.15) is 5.75 Å². The molecule has 0 aromatic heterocycles. The van der Waals surface area contributed by atoms with Crippen LogP contribution in [-0.4, -0.2) is 12.4 Å². The maximum Gasteiger partial charge on any atom is 0.130 e. The second-order valence-electron chi connectivity index (χ2n) is 3.74. The summed E-state index contributed by atoms with van der Waals surface area (Å²) in [5.41, 5.74) is 7.33. The minimum Gasteiger partial charge on any atom is -0.496 e. The van der Waals surface area contributed by atoms with Gasteiger partial charge in [-0.05, 0) is 36.6 Å². The Labute approximate surface area is 116 Å². The summed E-state index contributed by atoms with van der Waals surface area (Å²) in [6.45, 7) is 1.90. The van der Waals surface area contributed by atoms with Crippen LogP contribution in [0.5, 0.6) is 5.75 Å². The fourth-order valence-electron chi connectivity index (χ4n) is 1.87. The van der Waals surface area contributed by atoms with Gasteiger partial charge in [-0.25, -0.2) is 5.26 Å². The molecular formula is C13H17NO4S. The van der Waals surface area contributed by atoms with Gasteiger partial charge in [-0.1, -0.05) is 12.5 Å². The van der Waals surface area contributed by atoms with Crippen molar-refractivity contribution in [3.63, 3.8) is 0 Å². The monoisotopic (exact) mass is 283 g/mol. The molecule has 3 N–H and O–H groups in total. The zero-order valence-electron chi connectivity index (χ0n) is 9.97. The van der Waals surface area contributed by atoms with E-state index in [1.165, 1.54) is 0 Å². The molecule has 2 rings (SSSR count). The van der Waals surface area contributed by atoms with E-state index in [0.29, 0.717) is 5.69 Å². The molecule has 0 bridgehead atoms. The van der Waals surface area contributed by atoms with Crippen LogP contribution in [0.25, 0.3) is 10.8 Å². The number of hydrogen-bond donors (Lipinski definition) is 2. The first-order valence-corrected chi connectivity index (χ1v) is 5.93. The van der Waals surface area contributed by atoms with Crippen molar-refractivity contribution in [3.8, 4) is 5.75 Å². The van der Waals surface area contributed by atoms with Gasteiger partial charge in [0.25, 0.3) is 0 Å². The van der Waals surface area contributed by atoms with E-state index in [1.54, 1.807) is 7.11 Å². The van der Waals surface area contributed by atoms with Crippen molar-refractivity contribution in [3.05, 3.63) is 29.8 Å². The van der Waals surface area contributed by atoms with Crippen LogP contribution in [-0.2, 0) is 9.37 Å². The Kier molecular flexibility index (Phi) is 5.44. The zero-order valence-corrected chi connectivity index (χ0v) is 10.8. The topological polar surface area (TPSA) is 73.9 Å². The van der Waals surface area contributed by atoms with Gasteiger partial charge in [-0.3, -0.25) is 0 Å². The molecule has 19 heavy (non-hydrogen) atoms. The quantitative estimate of drug-likeness (QED) is 0.385. The normalized spacial score (nSPS) is 10.3. The third kappa shape index (κ3) is 3.10. The van der Waals surface area contributed by atoms with Crippen molar-refractivity contribution < 1.29 is 19.4 Å². The summed E-state index contributed by atoms with van der Waals surface area (Å²) in [6.07, 6.45) is 0. The highest BCUT2D eigenvalue weighted by Crippen LogP contribution is 2.37. The smallest absolute Gasteiger partial charge is 0.130 e. The number of fused-ring (bicyclic) bond motifs is 1. The van der Waals surface area contributed by atoms with E-state index in [1.807, 2.05) is 31.2 Å². The zero-order chi connectivity index (χ0) is 13.1. The molecule has 0 amide bonds. The summed E-state index contributed by atoms with van der Waals surface area (Å²) in [7, 11) is 1.61. The number of nitrogens with two attached hydrogens (primary N) is 1. The minimum atomic E-state index is 0. The summed E-state index contributed by atoms with van der Waals surface area (Å²) in [5.74, 6) is 0.747. The van der Waals surface area contributed by atoms with Crippen LogP contribution < -0.4 is 10.5 Å². The number of anilines is 1. The number of benzene rings is 2. The summed E-state index contributed by atoms with van der Waals surface area (Å²) < 4.78 is 9.87. The highest BCUT2D eigenvalue weighted by atomic mass is 32.2. The molecule has 0 saturated heterocycles. The van der Waals surface area contributed by atoms with E-state index < -0.39 is 0 Å². The van der Waals surface area contributed by atoms with Gasteiger partial charge in [0.2, 0.25) is 0 Å². The van der Waals surface area contributed by atoms with E-state index in [4.69, 9.17) is 15.7 Å². The first kappa shape index (κ1) is 15.6. The molecule has 0 fully saturated rings. The molecule has 0 saturated carbocycles. The molecule has 0 aliphatic heterocycles. The highest BCUT2D eigenvalue weighted by Gasteiger charge is 2.12. The molecule has 0 aliphatic rings. The van der Waals surface area contributed by atoms with Gasteiger partial charge in [0.15, 0.2) is 0 Å². The molecule has 6 heteroatoms. The Morgan fingerprint density at radius 1 is 1.26 bits per heavy atom. The maximum absolute atomic E-state index is 8.21. The van der Waals surface area contributed by atoms with E-state index >= 15 is 0 Å². The molecule has 5 nitrogen and oxygen atoms in total. The van der Waals surface area contributed by atoms with Gasteiger partial charge >= 0.3 is 0 Å². The minimum absolute atomic E-state index is 0. The molecule has 2 aromatic rings. The van der Waals surface area contributed by atoms with Gasteiger partial charge in [-0.2, -0.15) is 0 Å². The van der Waals surface area contributed by atoms with Crippen molar-refractivity contribution in [1.29, 1.82) is 0 Å². The summed E-state index contributed by atoms with van der Waals surface area (Å²) in [4.78, 5) is 0.777. The van der Waals surface area contributed by atoms with Crippen molar-refractivity contribution in [1.82, 2.24) is 0 Å². The second kappa shape index (κ2) is 6.63. The van der Waals surface area contributed by atoms with Crippen LogP contribution in [0, 0.1) is 6.92 Å². The molecule has 0 aliphatic carbocycles. The molecule has 0 radical (unpaired) electrons. The molecule has 2 aromatic carbocycles. The van der Waals surface area contributed by atoms with Crippen LogP contribution in [0.3, 0.4) is 0 Å². The molecule has 0 spiro atoms. The largest absolute Gasteiger partial charge is 0.496 e. The lowest BCUT2D eigenvalue weighted by atomic mass is 10.1. The SMILES string of the molecule is C.COc1c(C)c(SOOO)cc2cc(N)ccc12. The predicted molar refractivity (Wildman–Crippen MR) is 77.0 cm³/mol. The standard InChI is InChI=1S/C12H13NO4S.CH4/c1-7-11(18-17-16-14)6-8-5-9(13)3-4-10(8)12(7)15-2;/h3-6,14H,13H2,1-2H3;1H4. The fraction of sp³-hybridized carbons (Fsp3) is 0.231. The molecule has 0 atom stereocenters. The predicted octanol–water partition coefficient (Wildman–Crippen LogP) is 3.80. The van der Waals surface area contributed by atoms with E-state index in [0.717, 1.165) is 39.0 Å². The number of methoxy groups -OCH3 is 1. The summed E-state index contributed by atoms with van der Waals surface area (Å²) in [6, 6.07) is 7.48. The third-order valence-electron chi connectivity index (χ3n) is 2.68. The number of hydrogen-bond acceptors (Lipinski definition) is 6. The fourth-order valence-corrected chi connectivity index (χ4v) is 2.37. The highest BCUT2D eigenvalue weighted by molar-refractivity contribution is 7.94. The van der Waals surface area contributed by atoms with Crippen molar-refractivity contribution >= 4 is 28.5 Å². The van der Waals surface area contributed by atoms with Gasteiger partial charge in [-0.15, -0.1) is 4.33 Å². The van der Waals surface area contributed by atoms with Crippen LogP contribution in [0.15, 0.2) is 29.2 Å². The lowest BCUT2D eigenvalue weighted by Crippen LogP contribution is -1.93. The molecular weight excluding hydrogens is 266 g/mol. The average Bonchev–Trinajstić information content (AvgIpc) is 2.36. The van der Waals surface area contributed by atoms with E-state index in [2.05, 4.69) is 9.37 Å². The van der Waals surface area contributed by atoms with Gasteiger partial charge in [0, 0.05) is 21.5 Å². The van der Waals surface area contributed by atoms with E-state index in [9.17, 15) is 0 Å². The number of nitrogen functional groups attached to an aromatic ring is 1. The van der Waals surface area contributed by atoms with Crippen LogP contribution in [0.4, 0.5) is 5.69 Å². The second-order valence-corrected chi connectivity index (χ2v) is 4.48. The lowest BCUT2D eigenvalue weighted by molar-refractivity contribution is -0.432. The van der Waals surface area contributed by atoms with Crippen LogP contribution in [0.2, 0.25) is 0 Å². The average molecular weight is 283 g/mol. The van der Waals surface area contributed by atoms with Crippen molar-refractivity contribution in [2.45, 2.75) is 19.2 Å². The maximum atomic E-state index is 8.21. The molecule has 104 valence electrons. The Balaban J connectivity index is 0.00000180. The molecule has 0 unspecified atom stereocenters. The Hall–Kier alpha value is -1.47. The first-order valence-electron chi connectivity index (χ1n) is 5.19. The van der Waals surface area contributed by atoms with Crippen LogP contribution >= 0.6 is 12.0 Å². The van der Waals surface area contributed by atoms with Gasteiger partial charge in [0.05, 0.1) is 19.2 Å². The van der Waals surface area contributed by atoms with E-state index in [-0.39, 0.29) is 7.43 Å². The van der Waals surface area contributed by atoms with Crippen molar-refractivity contribution in [2.24, 2.45) is 0 Å². The third-order valence-corrected chi connectivity index (χ3v) is 3.41. The molecule has 0 heterocycles. The Morgan fingerprint density at radius 2 is 2.00 bits per heavy atom. The summed E-state index contributed by atoms with van der Waals surface area (Å²) in [5, 5.41) is 13.7. The Morgan fingerprint density at radius 3 is 2.63 bits per heavy atom. The lowest BCUT2D eigenvalue weighted by Gasteiger charge is -2.13. The number of ether oxygens (including phenoxy) is 1. The van der Waals surface area contributed by atoms with Crippen molar-refractivity contribution in [2.75, 3.05) is 12.8 Å². The van der Waals surface area contributed by atoms with Gasteiger partial charge < -0.3 is 10.5 Å². The number of rotatable bonds is 4. The summed E-state index contributed by atoms with van der Waals surface area (Å²) >= 11 is 0.904. The van der Waals surface area contributed by atoms with Crippen LogP contribution in [0.1, 0.15) is 13.0 Å².